The molecule has 0 saturated heterocycles. The second-order valence-corrected chi connectivity index (χ2v) is 7.39. The van der Waals surface area contributed by atoms with E-state index in [4.69, 9.17) is 9.79 Å². The summed E-state index contributed by atoms with van der Waals surface area (Å²) in [6, 6.07) is 1.90. The molecule has 0 bridgehead atoms. The molecule has 0 aliphatic rings. The summed E-state index contributed by atoms with van der Waals surface area (Å²) in [5, 5.41) is 11.3. The van der Waals surface area contributed by atoms with Crippen molar-refractivity contribution in [1.29, 1.82) is 5.26 Å². The molecule has 6 heteroatoms. The summed E-state index contributed by atoms with van der Waals surface area (Å²) in [7, 11) is 0. The van der Waals surface area contributed by atoms with E-state index in [1.807, 2.05) is 19.9 Å². The van der Waals surface area contributed by atoms with Crippen molar-refractivity contribution in [3.05, 3.63) is 0 Å². The van der Waals surface area contributed by atoms with Crippen molar-refractivity contribution in [3.63, 3.8) is 0 Å². The predicted molar refractivity (Wildman–Crippen MR) is 60.2 cm³/mol. The molecule has 82 valence electrons. The van der Waals surface area contributed by atoms with E-state index in [1.165, 1.54) is 11.4 Å². The number of hydrogen-bond acceptors (Lipinski definition) is 4. The van der Waals surface area contributed by atoms with Gasteiger partial charge in [-0.3, -0.25) is 4.57 Å². The first-order valence-electron chi connectivity index (χ1n) is 4.63. The summed E-state index contributed by atoms with van der Waals surface area (Å²) < 4.78 is 17.2. The zero-order valence-electron chi connectivity index (χ0n) is 8.82. The Morgan fingerprint density at radius 3 is 2.71 bits per heavy atom. The van der Waals surface area contributed by atoms with E-state index in [9.17, 15) is 4.57 Å². The van der Waals surface area contributed by atoms with Crippen molar-refractivity contribution in [3.8, 4) is 6.07 Å². The second-order valence-electron chi connectivity index (χ2n) is 2.73. The second kappa shape index (κ2) is 7.30. The Bertz CT molecular complexity index is 242. The SMILES string of the molecule is CCOP(=O)(NCC#N)SC(C)CC. The van der Waals surface area contributed by atoms with Crippen LogP contribution in [0.15, 0.2) is 0 Å². The molecule has 2 unspecified atom stereocenters. The van der Waals surface area contributed by atoms with E-state index < -0.39 is 6.72 Å². The molecule has 0 heterocycles. The van der Waals surface area contributed by atoms with Crippen molar-refractivity contribution in [2.45, 2.75) is 32.4 Å². The highest BCUT2D eigenvalue weighted by Gasteiger charge is 2.25. The summed E-state index contributed by atoms with van der Waals surface area (Å²) in [4.78, 5) is 0. The van der Waals surface area contributed by atoms with Crippen LogP contribution in [0.5, 0.6) is 0 Å². The Hall–Kier alpha value is -0.0100. The summed E-state index contributed by atoms with van der Waals surface area (Å²) in [6.45, 7) is 3.39. The average Bonchev–Trinajstić information content (AvgIpc) is 2.15. The first-order valence-corrected chi connectivity index (χ1v) is 7.74. The summed E-state index contributed by atoms with van der Waals surface area (Å²) in [5.41, 5.74) is 0. The maximum absolute atomic E-state index is 12.0. The lowest BCUT2D eigenvalue weighted by Crippen LogP contribution is -2.12. The molecular formula is C8H17N2O2PS. The van der Waals surface area contributed by atoms with E-state index in [0.29, 0.717) is 6.61 Å². The van der Waals surface area contributed by atoms with Gasteiger partial charge >= 0.3 is 6.72 Å². The molecule has 0 aliphatic carbocycles. The van der Waals surface area contributed by atoms with Gasteiger partial charge < -0.3 is 4.52 Å². The van der Waals surface area contributed by atoms with Crippen LogP contribution in [0.25, 0.3) is 0 Å². The Labute approximate surface area is 89.7 Å². The molecule has 0 saturated carbocycles. The number of nitrogens with one attached hydrogen (secondary N) is 1. The van der Waals surface area contributed by atoms with Gasteiger partial charge in [-0.05, 0) is 13.3 Å². The van der Waals surface area contributed by atoms with Gasteiger partial charge in [-0.2, -0.15) is 5.26 Å². The number of nitrogens with zero attached hydrogens (tertiary/aromatic N) is 1. The molecule has 0 aromatic rings. The minimum Gasteiger partial charge on any atom is -0.310 e. The maximum atomic E-state index is 12.0. The number of nitriles is 1. The van der Waals surface area contributed by atoms with Crippen LogP contribution in [0.3, 0.4) is 0 Å². The molecule has 0 radical (unpaired) electrons. The van der Waals surface area contributed by atoms with Gasteiger partial charge in [-0.25, -0.2) is 5.09 Å². The van der Waals surface area contributed by atoms with Gasteiger partial charge in [-0.1, -0.05) is 25.2 Å². The van der Waals surface area contributed by atoms with Crippen LogP contribution in [-0.4, -0.2) is 18.4 Å². The van der Waals surface area contributed by atoms with Gasteiger partial charge in [-0.15, -0.1) is 0 Å². The zero-order chi connectivity index (χ0) is 11.0. The first kappa shape index (κ1) is 14.0. The molecule has 0 aromatic carbocycles. The Morgan fingerprint density at radius 2 is 2.29 bits per heavy atom. The third-order valence-corrected chi connectivity index (χ3v) is 6.27. The molecule has 4 nitrogen and oxygen atoms in total. The van der Waals surface area contributed by atoms with Gasteiger partial charge in [0.1, 0.15) is 0 Å². The minimum atomic E-state index is -2.86. The van der Waals surface area contributed by atoms with Gasteiger partial charge in [0.2, 0.25) is 0 Å². The molecule has 0 spiro atoms. The fraction of sp³-hybridized carbons (Fsp3) is 0.875. The monoisotopic (exact) mass is 236 g/mol. The molecule has 2 atom stereocenters. The van der Waals surface area contributed by atoms with E-state index in [-0.39, 0.29) is 11.8 Å². The van der Waals surface area contributed by atoms with Crippen molar-refractivity contribution in [2.24, 2.45) is 0 Å². The minimum absolute atomic E-state index is 0.0563. The maximum Gasteiger partial charge on any atom is 0.327 e. The Kier molecular flexibility index (Phi) is 7.30. The normalized spacial score (nSPS) is 17.0. The Morgan fingerprint density at radius 1 is 1.64 bits per heavy atom. The van der Waals surface area contributed by atoms with Crippen LogP contribution in [0.1, 0.15) is 27.2 Å². The van der Waals surface area contributed by atoms with E-state index >= 15 is 0 Å². The molecule has 0 aromatic heterocycles. The summed E-state index contributed by atoms with van der Waals surface area (Å²) in [6.07, 6.45) is 0.927. The molecule has 0 amide bonds. The van der Waals surface area contributed by atoms with Crippen molar-refractivity contribution >= 4 is 18.1 Å². The lowest BCUT2D eigenvalue weighted by molar-refractivity contribution is 0.339. The predicted octanol–water partition coefficient (Wildman–Crippen LogP) is 2.78. The van der Waals surface area contributed by atoms with Crippen molar-refractivity contribution in [2.75, 3.05) is 13.2 Å². The number of rotatable bonds is 7. The van der Waals surface area contributed by atoms with Gasteiger partial charge in [0.05, 0.1) is 19.2 Å². The third-order valence-electron chi connectivity index (χ3n) is 1.54. The van der Waals surface area contributed by atoms with Crippen LogP contribution < -0.4 is 5.09 Å². The largest absolute Gasteiger partial charge is 0.327 e. The van der Waals surface area contributed by atoms with Crippen LogP contribution in [0.4, 0.5) is 0 Å². The first-order chi connectivity index (χ1) is 6.58. The molecule has 0 fully saturated rings. The van der Waals surface area contributed by atoms with Crippen LogP contribution >= 0.6 is 18.1 Å². The van der Waals surface area contributed by atoms with Crippen LogP contribution in [-0.2, 0) is 9.09 Å². The van der Waals surface area contributed by atoms with Gasteiger partial charge in [0, 0.05) is 5.25 Å². The zero-order valence-corrected chi connectivity index (χ0v) is 10.5. The van der Waals surface area contributed by atoms with Crippen LogP contribution in [0.2, 0.25) is 0 Å². The highest BCUT2D eigenvalue weighted by atomic mass is 32.7. The molecule has 1 N–H and O–H groups in total. The highest BCUT2D eigenvalue weighted by Crippen LogP contribution is 2.57. The topological polar surface area (TPSA) is 62.1 Å². The fourth-order valence-electron chi connectivity index (χ4n) is 0.727. The van der Waals surface area contributed by atoms with Crippen molar-refractivity contribution < 1.29 is 9.09 Å². The molecular weight excluding hydrogens is 219 g/mol. The fourth-order valence-corrected chi connectivity index (χ4v) is 4.97. The van der Waals surface area contributed by atoms with E-state index in [2.05, 4.69) is 5.09 Å². The Balaban J connectivity index is 4.24. The molecule has 0 rings (SSSR count). The van der Waals surface area contributed by atoms with Crippen molar-refractivity contribution in [1.82, 2.24) is 5.09 Å². The summed E-state index contributed by atoms with van der Waals surface area (Å²) >= 11 is 1.28. The standard InChI is InChI=1S/C8H17N2O2PS/c1-4-8(3)14-13(11,12-5-2)10-7-6-9/h8H,4-5,7H2,1-3H3,(H,10,11). The highest BCUT2D eigenvalue weighted by molar-refractivity contribution is 8.56. The molecule has 0 aliphatic heterocycles. The summed E-state index contributed by atoms with van der Waals surface area (Å²) in [5.74, 6) is 0. The quantitative estimate of drug-likeness (QED) is 0.544. The average molecular weight is 236 g/mol. The molecule has 14 heavy (non-hydrogen) atoms. The van der Waals surface area contributed by atoms with Gasteiger partial charge in [0.25, 0.3) is 0 Å². The van der Waals surface area contributed by atoms with E-state index in [0.717, 1.165) is 6.42 Å². The van der Waals surface area contributed by atoms with Crippen LogP contribution in [0, 0.1) is 11.3 Å². The van der Waals surface area contributed by atoms with Gasteiger partial charge in [0.15, 0.2) is 0 Å². The lowest BCUT2D eigenvalue weighted by atomic mass is 10.4. The third kappa shape index (κ3) is 5.66. The van der Waals surface area contributed by atoms with E-state index in [1.54, 1.807) is 6.92 Å². The lowest BCUT2D eigenvalue weighted by Gasteiger charge is -2.19. The smallest absolute Gasteiger partial charge is 0.310 e. The number of hydrogen-bond donors (Lipinski definition) is 1.